The molecule has 0 atom stereocenters. The number of anilines is 1. The molecule has 0 amide bonds. The predicted molar refractivity (Wildman–Crippen MR) is 57.4 cm³/mol. The SMILES string of the molecule is C=C(C)c1cc(N)cc2cc[nH]c12. The van der Waals surface area contributed by atoms with Crippen molar-refractivity contribution >= 4 is 22.2 Å². The minimum atomic E-state index is 0.783. The molecule has 0 fully saturated rings. The zero-order chi connectivity index (χ0) is 9.42. The van der Waals surface area contributed by atoms with Crippen LogP contribution in [0.15, 0.2) is 31.0 Å². The highest BCUT2D eigenvalue weighted by Gasteiger charge is 2.03. The van der Waals surface area contributed by atoms with Crippen LogP contribution in [0.3, 0.4) is 0 Å². The number of hydrogen-bond acceptors (Lipinski definition) is 1. The molecule has 0 unspecified atom stereocenters. The third-order valence-corrected chi connectivity index (χ3v) is 2.14. The lowest BCUT2D eigenvalue weighted by Crippen LogP contribution is -1.88. The fraction of sp³-hybridized carbons (Fsp3) is 0.0909. The van der Waals surface area contributed by atoms with Gasteiger partial charge in [0.1, 0.15) is 0 Å². The van der Waals surface area contributed by atoms with E-state index >= 15 is 0 Å². The first-order valence-electron chi connectivity index (χ1n) is 4.21. The van der Waals surface area contributed by atoms with E-state index in [2.05, 4.69) is 11.6 Å². The maximum atomic E-state index is 5.77. The molecule has 0 aliphatic carbocycles. The van der Waals surface area contributed by atoms with Gasteiger partial charge in [-0.3, -0.25) is 0 Å². The van der Waals surface area contributed by atoms with Crippen LogP contribution in [-0.2, 0) is 0 Å². The molecule has 1 heterocycles. The molecular formula is C11H12N2. The van der Waals surface area contributed by atoms with E-state index in [1.165, 1.54) is 0 Å². The lowest BCUT2D eigenvalue weighted by Gasteiger charge is -2.03. The Balaban J connectivity index is 2.84. The second kappa shape index (κ2) is 2.66. The molecule has 2 rings (SSSR count). The van der Waals surface area contributed by atoms with E-state index in [4.69, 9.17) is 5.73 Å². The van der Waals surface area contributed by atoms with Gasteiger partial charge in [-0.2, -0.15) is 0 Å². The zero-order valence-electron chi connectivity index (χ0n) is 7.59. The highest BCUT2D eigenvalue weighted by atomic mass is 14.7. The molecule has 0 aliphatic rings. The first kappa shape index (κ1) is 7.92. The monoisotopic (exact) mass is 172 g/mol. The minimum absolute atomic E-state index is 0.783. The fourth-order valence-electron chi connectivity index (χ4n) is 1.53. The van der Waals surface area contributed by atoms with Gasteiger partial charge in [0, 0.05) is 22.8 Å². The Hall–Kier alpha value is -1.70. The number of hydrogen-bond donors (Lipinski definition) is 2. The van der Waals surface area contributed by atoms with Crippen molar-refractivity contribution in [2.24, 2.45) is 0 Å². The molecule has 66 valence electrons. The Kier molecular flexibility index (Phi) is 1.62. The number of allylic oxidation sites excluding steroid dienone is 1. The van der Waals surface area contributed by atoms with Crippen LogP contribution >= 0.6 is 0 Å². The van der Waals surface area contributed by atoms with Gasteiger partial charge in [0.15, 0.2) is 0 Å². The molecular weight excluding hydrogens is 160 g/mol. The number of nitrogen functional groups attached to an aromatic ring is 1. The number of benzene rings is 1. The molecule has 2 aromatic rings. The van der Waals surface area contributed by atoms with Crippen LogP contribution in [0.2, 0.25) is 0 Å². The lowest BCUT2D eigenvalue weighted by atomic mass is 10.1. The molecule has 2 nitrogen and oxygen atoms in total. The predicted octanol–water partition coefficient (Wildman–Crippen LogP) is 2.78. The molecule has 0 saturated heterocycles. The molecule has 0 bridgehead atoms. The topological polar surface area (TPSA) is 41.8 Å². The third kappa shape index (κ3) is 1.20. The highest BCUT2D eigenvalue weighted by Crippen LogP contribution is 2.25. The average Bonchev–Trinajstić information content (AvgIpc) is 2.49. The summed E-state index contributed by atoms with van der Waals surface area (Å²) in [6, 6.07) is 5.91. The fourth-order valence-corrected chi connectivity index (χ4v) is 1.53. The van der Waals surface area contributed by atoms with Gasteiger partial charge in [-0.25, -0.2) is 0 Å². The first-order chi connectivity index (χ1) is 6.18. The van der Waals surface area contributed by atoms with Crippen molar-refractivity contribution in [3.63, 3.8) is 0 Å². The summed E-state index contributed by atoms with van der Waals surface area (Å²) in [6.07, 6.45) is 1.91. The number of aromatic amines is 1. The van der Waals surface area contributed by atoms with Crippen LogP contribution in [-0.4, -0.2) is 4.98 Å². The molecule has 0 aliphatic heterocycles. The van der Waals surface area contributed by atoms with Crippen molar-refractivity contribution in [1.29, 1.82) is 0 Å². The van der Waals surface area contributed by atoms with Crippen LogP contribution in [0.4, 0.5) is 5.69 Å². The molecule has 3 N–H and O–H groups in total. The Morgan fingerprint density at radius 3 is 2.92 bits per heavy atom. The van der Waals surface area contributed by atoms with Crippen molar-refractivity contribution in [3.05, 3.63) is 36.5 Å². The van der Waals surface area contributed by atoms with Crippen LogP contribution in [0.1, 0.15) is 12.5 Å². The lowest BCUT2D eigenvalue weighted by molar-refractivity contribution is 1.46. The summed E-state index contributed by atoms with van der Waals surface area (Å²) in [6.45, 7) is 5.90. The smallest absolute Gasteiger partial charge is 0.0531 e. The second-order valence-electron chi connectivity index (χ2n) is 3.29. The minimum Gasteiger partial charge on any atom is -0.399 e. The molecule has 0 radical (unpaired) electrons. The van der Waals surface area contributed by atoms with E-state index in [1.807, 2.05) is 31.3 Å². The number of nitrogens with one attached hydrogen (secondary N) is 1. The van der Waals surface area contributed by atoms with E-state index in [9.17, 15) is 0 Å². The average molecular weight is 172 g/mol. The van der Waals surface area contributed by atoms with E-state index in [-0.39, 0.29) is 0 Å². The Bertz CT molecular complexity index is 466. The normalized spacial score (nSPS) is 10.5. The first-order valence-corrected chi connectivity index (χ1v) is 4.21. The van der Waals surface area contributed by atoms with Crippen molar-refractivity contribution in [2.45, 2.75) is 6.92 Å². The van der Waals surface area contributed by atoms with Gasteiger partial charge in [-0.05, 0) is 30.7 Å². The van der Waals surface area contributed by atoms with Gasteiger partial charge < -0.3 is 10.7 Å². The van der Waals surface area contributed by atoms with Crippen LogP contribution < -0.4 is 5.73 Å². The zero-order valence-corrected chi connectivity index (χ0v) is 7.59. The summed E-state index contributed by atoms with van der Waals surface area (Å²) in [4.78, 5) is 3.18. The number of rotatable bonds is 1. The molecule has 2 heteroatoms. The van der Waals surface area contributed by atoms with Gasteiger partial charge in [-0.1, -0.05) is 6.58 Å². The van der Waals surface area contributed by atoms with E-state index in [1.54, 1.807) is 0 Å². The van der Waals surface area contributed by atoms with E-state index < -0.39 is 0 Å². The molecule has 0 spiro atoms. The van der Waals surface area contributed by atoms with Gasteiger partial charge in [-0.15, -0.1) is 0 Å². The maximum absolute atomic E-state index is 5.77. The van der Waals surface area contributed by atoms with Crippen LogP contribution in [0.5, 0.6) is 0 Å². The van der Waals surface area contributed by atoms with Crippen molar-refractivity contribution in [3.8, 4) is 0 Å². The molecule has 1 aromatic heterocycles. The molecule has 0 saturated carbocycles. The Morgan fingerprint density at radius 1 is 1.46 bits per heavy atom. The molecule has 1 aromatic carbocycles. The summed E-state index contributed by atoms with van der Waals surface area (Å²) in [5.41, 5.74) is 9.79. The summed E-state index contributed by atoms with van der Waals surface area (Å²) in [5.74, 6) is 0. The standard InChI is InChI=1S/C11H12N2/c1-7(2)10-6-9(12)5-8-3-4-13-11(8)10/h3-6,13H,1,12H2,2H3. The third-order valence-electron chi connectivity index (χ3n) is 2.14. The maximum Gasteiger partial charge on any atom is 0.0531 e. The summed E-state index contributed by atoms with van der Waals surface area (Å²) < 4.78 is 0. The number of H-pyrrole nitrogens is 1. The summed E-state index contributed by atoms with van der Waals surface area (Å²) in [5, 5.41) is 1.14. The quantitative estimate of drug-likeness (QED) is 0.638. The number of aromatic nitrogens is 1. The van der Waals surface area contributed by atoms with Crippen LogP contribution in [0.25, 0.3) is 16.5 Å². The second-order valence-corrected chi connectivity index (χ2v) is 3.29. The largest absolute Gasteiger partial charge is 0.399 e. The van der Waals surface area contributed by atoms with E-state index in [0.717, 1.165) is 27.7 Å². The van der Waals surface area contributed by atoms with Crippen molar-refractivity contribution < 1.29 is 0 Å². The Labute approximate surface area is 77.1 Å². The summed E-state index contributed by atoms with van der Waals surface area (Å²) in [7, 11) is 0. The highest BCUT2D eigenvalue weighted by molar-refractivity contribution is 5.93. The number of fused-ring (bicyclic) bond motifs is 1. The van der Waals surface area contributed by atoms with Gasteiger partial charge in [0.05, 0.1) is 5.52 Å². The molecule has 13 heavy (non-hydrogen) atoms. The van der Waals surface area contributed by atoms with Crippen molar-refractivity contribution in [2.75, 3.05) is 5.73 Å². The Morgan fingerprint density at radius 2 is 2.23 bits per heavy atom. The van der Waals surface area contributed by atoms with E-state index in [0.29, 0.717) is 0 Å². The van der Waals surface area contributed by atoms with Gasteiger partial charge >= 0.3 is 0 Å². The number of nitrogens with two attached hydrogens (primary N) is 1. The van der Waals surface area contributed by atoms with Gasteiger partial charge in [0.2, 0.25) is 0 Å². The summed E-state index contributed by atoms with van der Waals surface area (Å²) >= 11 is 0. The van der Waals surface area contributed by atoms with Crippen molar-refractivity contribution in [1.82, 2.24) is 4.98 Å². The van der Waals surface area contributed by atoms with Crippen LogP contribution in [0, 0.1) is 0 Å². The van der Waals surface area contributed by atoms with Gasteiger partial charge in [0.25, 0.3) is 0 Å².